The molecule has 1 unspecified atom stereocenters. The molecule has 0 spiro atoms. The van der Waals surface area contributed by atoms with E-state index in [2.05, 4.69) is 5.10 Å². The molecule has 1 aromatic heterocycles. The summed E-state index contributed by atoms with van der Waals surface area (Å²) in [5, 5.41) is 13.1. The minimum absolute atomic E-state index is 0.156. The summed E-state index contributed by atoms with van der Waals surface area (Å²) >= 11 is 0. The number of nitrogens with zero attached hydrogens (tertiary/aromatic N) is 2. The van der Waals surface area contributed by atoms with Crippen LogP contribution in [0, 0.1) is 0 Å². The predicted molar refractivity (Wildman–Crippen MR) is 45.9 cm³/mol. The van der Waals surface area contributed by atoms with Crippen LogP contribution in [0.4, 0.5) is 11.6 Å². The lowest BCUT2D eigenvalue weighted by Crippen LogP contribution is -2.12. The Kier molecular flexibility index (Phi) is 2.20. The number of anilines is 2. The predicted octanol–water partition coefficient (Wildman–Crippen LogP) is -0.983. The van der Waals surface area contributed by atoms with Gasteiger partial charge in [0.2, 0.25) is 0 Å². The molecular formula is C6H13N5O. The largest absolute Gasteiger partial charge is 0.388 e. The van der Waals surface area contributed by atoms with Crippen molar-refractivity contribution in [1.29, 1.82) is 0 Å². The van der Waals surface area contributed by atoms with Crippen molar-refractivity contribution in [2.24, 2.45) is 5.73 Å². The van der Waals surface area contributed by atoms with E-state index < -0.39 is 6.10 Å². The molecule has 0 radical (unpaired) electrons. The van der Waals surface area contributed by atoms with Gasteiger partial charge in [-0.05, 0) is 6.92 Å². The van der Waals surface area contributed by atoms with Crippen LogP contribution in [0.25, 0.3) is 0 Å². The van der Waals surface area contributed by atoms with Crippen molar-refractivity contribution in [2.45, 2.75) is 19.7 Å². The lowest BCUT2D eigenvalue weighted by molar-refractivity contribution is 0.200. The highest BCUT2D eigenvalue weighted by Crippen LogP contribution is 2.25. The summed E-state index contributed by atoms with van der Waals surface area (Å²) in [5.74, 6) is 0.554. The van der Waals surface area contributed by atoms with Gasteiger partial charge in [-0.3, -0.25) is 0 Å². The standard InChI is InChI=1S/C6H13N5O/c1-3(12)4-5(8)10-11(2-7)6(4)9/h3,12H,2,7,9H2,1H3,(H2,8,10). The van der Waals surface area contributed by atoms with Gasteiger partial charge in [0, 0.05) is 0 Å². The van der Waals surface area contributed by atoms with Gasteiger partial charge in [-0.25, -0.2) is 4.68 Å². The lowest BCUT2D eigenvalue weighted by atomic mass is 10.2. The van der Waals surface area contributed by atoms with Gasteiger partial charge in [-0.2, -0.15) is 5.10 Å². The Morgan fingerprint density at radius 2 is 2.17 bits per heavy atom. The van der Waals surface area contributed by atoms with Gasteiger partial charge in [0.25, 0.3) is 0 Å². The van der Waals surface area contributed by atoms with Crippen LogP contribution in [0.15, 0.2) is 0 Å². The fraction of sp³-hybridized carbons (Fsp3) is 0.500. The van der Waals surface area contributed by atoms with Crippen LogP contribution >= 0.6 is 0 Å². The van der Waals surface area contributed by atoms with Crippen LogP contribution < -0.4 is 17.2 Å². The van der Waals surface area contributed by atoms with Crippen molar-refractivity contribution < 1.29 is 5.11 Å². The van der Waals surface area contributed by atoms with Gasteiger partial charge in [-0.1, -0.05) is 0 Å². The molecule has 1 aromatic rings. The first-order valence-electron chi connectivity index (χ1n) is 3.57. The molecule has 6 heteroatoms. The van der Waals surface area contributed by atoms with Gasteiger partial charge in [0.15, 0.2) is 5.82 Å². The molecule has 7 N–H and O–H groups in total. The van der Waals surface area contributed by atoms with Crippen LogP contribution in [-0.2, 0) is 6.67 Å². The summed E-state index contributed by atoms with van der Waals surface area (Å²) in [6.45, 7) is 1.73. The second-order valence-electron chi connectivity index (χ2n) is 2.54. The Bertz CT molecular complexity index is 280. The third kappa shape index (κ3) is 1.21. The van der Waals surface area contributed by atoms with Crippen LogP contribution in [0.2, 0.25) is 0 Å². The van der Waals surface area contributed by atoms with E-state index in [1.165, 1.54) is 4.68 Å². The number of hydrogen-bond acceptors (Lipinski definition) is 5. The third-order valence-electron chi connectivity index (χ3n) is 1.65. The van der Waals surface area contributed by atoms with Gasteiger partial charge in [0.1, 0.15) is 5.82 Å². The van der Waals surface area contributed by atoms with Crippen LogP contribution in [0.3, 0.4) is 0 Å². The zero-order valence-electron chi connectivity index (χ0n) is 6.86. The van der Waals surface area contributed by atoms with Gasteiger partial charge < -0.3 is 22.3 Å². The highest BCUT2D eigenvalue weighted by atomic mass is 16.3. The third-order valence-corrected chi connectivity index (χ3v) is 1.65. The number of nitrogens with two attached hydrogens (primary N) is 3. The summed E-state index contributed by atoms with van der Waals surface area (Å²) in [6, 6.07) is 0. The van der Waals surface area contributed by atoms with Gasteiger partial charge in [0.05, 0.1) is 18.3 Å². The molecule has 0 saturated heterocycles. The zero-order chi connectivity index (χ0) is 9.30. The average Bonchev–Trinajstić information content (AvgIpc) is 2.25. The summed E-state index contributed by atoms with van der Waals surface area (Å²) in [7, 11) is 0. The maximum atomic E-state index is 9.24. The molecule has 1 heterocycles. The van der Waals surface area contributed by atoms with E-state index in [1.807, 2.05) is 0 Å². The monoisotopic (exact) mass is 171 g/mol. The maximum absolute atomic E-state index is 9.24. The van der Waals surface area contributed by atoms with E-state index in [0.717, 1.165) is 0 Å². The first-order chi connectivity index (χ1) is 5.57. The number of aliphatic hydroxyl groups is 1. The zero-order valence-corrected chi connectivity index (χ0v) is 6.86. The van der Waals surface area contributed by atoms with E-state index in [0.29, 0.717) is 11.4 Å². The van der Waals surface area contributed by atoms with E-state index in [-0.39, 0.29) is 12.5 Å². The minimum Gasteiger partial charge on any atom is -0.388 e. The smallest absolute Gasteiger partial charge is 0.153 e. The summed E-state index contributed by atoms with van der Waals surface area (Å²) in [5.41, 5.74) is 16.8. The first kappa shape index (κ1) is 8.82. The van der Waals surface area contributed by atoms with Crippen molar-refractivity contribution in [2.75, 3.05) is 11.5 Å². The van der Waals surface area contributed by atoms with Gasteiger partial charge >= 0.3 is 0 Å². The Morgan fingerprint density at radius 1 is 1.58 bits per heavy atom. The molecule has 0 aliphatic carbocycles. The summed E-state index contributed by atoms with van der Waals surface area (Å²) in [4.78, 5) is 0. The fourth-order valence-electron chi connectivity index (χ4n) is 1.08. The quantitative estimate of drug-likeness (QED) is 0.456. The Hall–Kier alpha value is -1.27. The topological polar surface area (TPSA) is 116 Å². The number of rotatable bonds is 2. The number of aromatic nitrogens is 2. The SMILES string of the molecule is CC(O)c1c(N)nn(CN)c1N. The first-order valence-corrected chi connectivity index (χ1v) is 3.57. The van der Waals surface area contributed by atoms with Crippen molar-refractivity contribution in [3.8, 4) is 0 Å². The van der Waals surface area contributed by atoms with Crippen molar-refractivity contribution in [1.82, 2.24) is 9.78 Å². The summed E-state index contributed by atoms with van der Waals surface area (Å²) < 4.78 is 1.34. The Balaban J connectivity index is 3.19. The fourth-order valence-corrected chi connectivity index (χ4v) is 1.08. The normalized spacial score (nSPS) is 13.2. The number of nitrogen functional groups attached to an aromatic ring is 2. The molecule has 12 heavy (non-hydrogen) atoms. The van der Waals surface area contributed by atoms with E-state index in [4.69, 9.17) is 17.2 Å². The second kappa shape index (κ2) is 3.00. The lowest BCUT2D eigenvalue weighted by Gasteiger charge is -2.03. The highest BCUT2D eigenvalue weighted by Gasteiger charge is 2.16. The molecule has 68 valence electrons. The van der Waals surface area contributed by atoms with E-state index >= 15 is 0 Å². The molecular weight excluding hydrogens is 158 g/mol. The van der Waals surface area contributed by atoms with E-state index in [1.54, 1.807) is 6.92 Å². The van der Waals surface area contributed by atoms with Crippen molar-refractivity contribution in [3.05, 3.63) is 5.56 Å². The molecule has 1 rings (SSSR count). The van der Waals surface area contributed by atoms with Crippen LogP contribution in [0.5, 0.6) is 0 Å². The molecule has 0 amide bonds. The number of hydrogen-bond donors (Lipinski definition) is 4. The van der Waals surface area contributed by atoms with Crippen LogP contribution in [0.1, 0.15) is 18.6 Å². The van der Waals surface area contributed by atoms with Crippen LogP contribution in [-0.4, -0.2) is 14.9 Å². The highest BCUT2D eigenvalue weighted by molar-refractivity contribution is 5.55. The average molecular weight is 171 g/mol. The molecule has 0 aromatic carbocycles. The molecule has 1 atom stereocenters. The second-order valence-corrected chi connectivity index (χ2v) is 2.54. The Morgan fingerprint density at radius 3 is 2.42 bits per heavy atom. The maximum Gasteiger partial charge on any atom is 0.153 e. The molecule has 0 saturated carbocycles. The number of aliphatic hydroxyl groups excluding tert-OH is 1. The molecule has 0 fully saturated rings. The van der Waals surface area contributed by atoms with E-state index in [9.17, 15) is 5.11 Å². The molecule has 6 nitrogen and oxygen atoms in total. The summed E-state index contributed by atoms with van der Waals surface area (Å²) in [6.07, 6.45) is -0.717. The molecule has 0 aliphatic rings. The molecule has 0 aliphatic heterocycles. The van der Waals surface area contributed by atoms with Gasteiger partial charge in [-0.15, -0.1) is 0 Å². The minimum atomic E-state index is -0.717. The molecule has 0 bridgehead atoms. The van der Waals surface area contributed by atoms with Crippen molar-refractivity contribution in [3.63, 3.8) is 0 Å². The van der Waals surface area contributed by atoms with Crippen molar-refractivity contribution >= 4 is 11.6 Å². The Labute approximate surface area is 69.9 Å².